The number of rotatable bonds is 4. The third-order valence-electron chi connectivity index (χ3n) is 3.19. The summed E-state index contributed by atoms with van der Waals surface area (Å²) in [6, 6.07) is 15.6. The number of aldehydes is 1. The molecule has 0 saturated carbocycles. The second-order valence-electron chi connectivity index (χ2n) is 4.59. The Morgan fingerprint density at radius 3 is 2.43 bits per heavy atom. The molecule has 1 aromatic heterocycles. The van der Waals surface area contributed by atoms with E-state index in [1.807, 2.05) is 30.3 Å². The number of hydrogen-bond acceptors (Lipinski definition) is 3. The molecule has 0 atom stereocenters. The zero-order valence-electron chi connectivity index (χ0n) is 11.1. The van der Waals surface area contributed by atoms with Crippen LogP contribution in [-0.4, -0.2) is 21.3 Å². The normalized spacial score (nSPS) is 10.5. The van der Waals surface area contributed by atoms with E-state index in [0.717, 1.165) is 11.3 Å². The molecule has 3 aromatic rings. The molecule has 4 nitrogen and oxygen atoms in total. The van der Waals surface area contributed by atoms with Gasteiger partial charge in [-0.3, -0.25) is 4.79 Å². The van der Waals surface area contributed by atoms with Gasteiger partial charge in [0.1, 0.15) is 11.5 Å². The predicted molar refractivity (Wildman–Crippen MR) is 76.0 cm³/mol. The van der Waals surface area contributed by atoms with E-state index in [-0.39, 0.29) is 5.82 Å². The van der Waals surface area contributed by atoms with Crippen molar-refractivity contribution in [2.45, 2.75) is 6.42 Å². The molecule has 0 N–H and O–H groups in total. The molecule has 0 radical (unpaired) electrons. The van der Waals surface area contributed by atoms with Crippen molar-refractivity contribution in [2.75, 3.05) is 0 Å². The van der Waals surface area contributed by atoms with Gasteiger partial charge in [0.15, 0.2) is 6.29 Å². The highest BCUT2D eigenvalue weighted by Gasteiger charge is 2.14. The van der Waals surface area contributed by atoms with E-state index in [4.69, 9.17) is 0 Å². The van der Waals surface area contributed by atoms with Crippen LogP contribution < -0.4 is 0 Å². The minimum absolute atomic E-state index is 0.288. The molecule has 0 aliphatic rings. The Morgan fingerprint density at radius 2 is 1.76 bits per heavy atom. The predicted octanol–water partition coefficient (Wildman–Crippen LogP) is 2.81. The molecule has 0 unspecified atom stereocenters. The van der Waals surface area contributed by atoms with Gasteiger partial charge in [0, 0.05) is 6.42 Å². The second-order valence-corrected chi connectivity index (χ2v) is 4.59. The molecule has 0 aliphatic carbocycles. The summed E-state index contributed by atoms with van der Waals surface area (Å²) in [5.41, 5.74) is 2.69. The molecule has 3 rings (SSSR count). The maximum atomic E-state index is 13.0. The number of aromatic nitrogens is 3. The van der Waals surface area contributed by atoms with Crippen LogP contribution in [0.1, 0.15) is 21.7 Å². The van der Waals surface area contributed by atoms with Crippen LogP contribution >= 0.6 is 0 Å². The molecule has 0 fully saturated rings. The van der Waals surface area contributed by atoms with Gasteiger partial charge in [0.25, 0.3) is 0 Å². The average molecular weight is 281 g/mol. The lowest BCUT2D eigenvalue weighted by Gasteiger charge is -2.07. The summed E-state index contributed by atoms with van der Waals surface area (Å²) in [6.07, 6.45) is 1.14. The molecule has 0 spiro atoms. The lowest BCUT2D eigenvalue weighted by atomic mass is 10.1. The second kappa shape index (κ2) is 5.66. The van der Waals surface area contributed by atoms with Crippen molar-refractivity contribution in [3.63, 3.8) is 0 Å². The van der Waals surface area contributed by atoms with Crippen LogP contribution in [0.5, 0.6) is 0 Å². The fraction of sp³-hybridized carbons (Fsp3) is 0.0625. The van der Waals surface area contributed by atoms with Gasteiger partial charge in [-0.1, -0.05) is 35.5 Å². The standard InChI is InChI=1S/C16H12FN3O/c17-13-8-6-12(7-9-13)10-16-15(11-21)18-19-20(16)14-4-2-1-3-5-14/h1-9,11H,10H2. The molecule has 5 heteroatoms. The van der Waals surface area contributed by atoms with Crippen LogP contribution in [0.25, 0.3) is 5.69 Å². The summed E-state index contributed by atoms with van der Waals surface area (Å²) in [4.78, 5) is 11.1. The molecule has 0 aliphatic heterocycles. The van der Waals surface area contributed by atoms with E-state index in [1.54, 1.807) is 16.8 Å². The Balaban J connectivity index is 2.02. The van der Waals surface area contributed by atoms with Gasteiger partial charge >= 0.3 is 0 Å². The molecule has 0 saturated heterocycles. The summed E-state index contributed by atoms with van der Waals surface area (Å²) in [6.45, 7) is 0. The van der Waals surface area contributed by atoms with Crippen molar-refractivity contribution in [3.05, 3.63) is 77.4 Å². The van der Waals surface area contributed by atoms with Crippen LogP contribution in [0.15, 0.2) is 54.6 Å². The van der Waals surface area contributed by atoms with Gasteiger partial charge in [-0.2, -0.15) is 0 Å². The molecule has 21 heavy (non-hydrogen) atoms. The van der Waals surface area contributed by atoms with Crippen molar-refractivity contribution in [1.29, 1.82) is 0 Å². The fourth-order valence-corrected chi connectivity index (χ4v) is 2.14. The Morgan fingerprint density at radius 1 is 1.05 bits per heavy atom. The number of carbonyl (C=O) groups is 1. The van der Waals surface area contributed by atoms with Crippen molar-refractivity contribution in [2.24, 2.45) is 0 Å². The van der Waals surface area contributed by atoms with Crippen LogP contribution in [0.2, 0.25) is 0 Å². The first kappa shape index (κ1) is 13.2. The SMILES string of the molecule is O=Cc1nnn(-c2ccccc2)c1Cc1ccc(F)cc1. The Bertz CT molecular complexity index is 751. The maximum absolute atomic E-state index is 13.0. The Hall–Kier alpha value is -2.82. The summed E-state index contributed by atoms with van der Waals surface area (Å²) in [5, 5.41) is 7.93. The first-order valence-corrected chi connectivity index (χ1v) is 6.47. The highest BCUT2D eigenvalue weighted by atomic mass is 19.1. The van der Waals surface area contributed by atoms with Crippen LogP contribution in [-0.2, 0) is 6.42 Å². The number of benzene rings is 2. The summed E-state index contributed by atoms with van der Waals surface area (Å²) in [7, 11) is 0. The van der Waals surface area contributed by atoms with Gasteiger partial charge in [0.05, 0.1) is 11.4 Å². The van der Waals surface area contributed by atoms with E-state index in [1.165, 1.54) is 12.1 Å². The molecule has 0 bridgehead atoms. The van der Waals surface area contributed by atoms with Crippen LogP contribution in [0.3, 0.4) is 0 Å². The van der Waals surface area contributed by atoms with Gasteiger partial charge in [-0.25, -0.2) is 9.07 Å². The zero-order chi connectivity index (χ0) is 14.7. The average Bonchev–Trinajstić information content (AvgIpc) is 2.93. The third-order valence-corrected chi connectivity index (χ3v) is 3.19. The first-order valence-electron chi connectivity index (χ1n) is 6.47. The van der Waals surface area contributed by atoms with Gasteiger partial charge < -0.3 is 0 Å². The molecule has 0 amide bonds. The highest BCUT2D eigenvalue weighted by molar-refractivity contribution is 5.73. The van der Waals surface area contributed by atoms with Gasteiger partial charge in [-0.05, 0) is 29.8 Å². The number of para-hydroxylation sites is 1. The molecular weight excluding hydrogens is 269 g/mol. The molecule has 2 aromatic carbocycles. The largest absolute Gasteiger partial charge is 0.296 e. The topological polar surface area (TPSA) is 47.8 Å². The van der Waals surface area contributed by atoms with Crippen molar-refractivity contribution >= 4 is 6.29 Å². The van der Waals surface area contributed by atoms with Crippen molar-refractivity contribution in [3.8, 4) is 5.69 Å². The maximum Gasteiger partial charge on any atom is 0.172 e. The van der Waals surface area contributed by atoms with E-state index in [0.29, 0.717) is 24.1 Å². The smallest absolute Gasteiger partial charge is 0.172 e. The number of nitrogens with zero attached hydrogens (tertiary/aromatic N) is 3. The Labute approximate surface area is 120 Å². The quantitative estimate of drug-likeness (QED) is 0.691. The van der Waals surface area contributed by atoms with Crippen molar-refractivity contribution in [1.82, 2.24) is 15.0 Å². The minimum atomic E-state index is -0.288. The summed E-state index contributed by atoms with van der Waals surface area (Å²) >= 11 is 0. The lowest BCUT2D eigenvalue weighted by Crippen LogP contribution is -2.04. The number of hydrogen-bond donors (Lipinski definition) is 0. The number of halogens is 1. The van der Waals surface area contributed by atoms with Crippen molar-refractivity contribution < 1.29 is 9.18 Å². The van der Waals surface area contributed by atoms with E-state index in [2.05, 4.69) is 10.3 Å². The summed E-state index contributed by atoms with van der Waals surface area (Å²) < 4.78 is 14.6. The minimum Gasteiger partial charge on any atom is -0.296 e. The first-order chi connectivity index (χ1) is 10.3. The molecular formula is C16H12FN3O. The van der Waals surface area contributed by atoms with Gasteiger partial charge in [-0.15, -0.1) is 5.10 Å². The van der Waals surface area contributed by atoms with Crippen LogP contribution in [0.4, 0.5) is 4.39 Å². The van der Waals surface area contributed by atoms with Crippen LogP contribution in [0, 0.1) is 5.82 Å². The third kappa shape index (κ3) is 2.72. The Kier molecular flexibility index (Phi) is 3.55. The van der Waals surface area contributed by atoms with Gasteiger partial charge in [0.2, 0.25) is 0 Å². The molecule has 1 heterocycles. The molecule has 104 valence electrons. The summed E-state index contributed by atoms with van der Waals surface area (Å²) in [5.74, 6) is -0.288. The van der Waals surface area contributed by atoms with E-state index < -0.39 is 0 Å². The zero-order valence-corrected chi connectivity index (χ0v) is 11.1. The lowest BCUT2D eigenvalue weighted by molar-refractivity contribution is 0.111. The monoisotopic (exact) mass is 281 g/mol. The number of carbonyl (C=O) groups excluding carboxylic acids is 1. The highest BCUT2D eigenvalue weighted by Crippen LogP contribution is 2.16. The van der Waals surface area contributed by atoms with E-state index >= 15 is 0 Å². The van der Waals surface area contributed by atoms with E-state index in [9.17, 15) is 9.18 Å². The fourth-order valence-electron chi connectivity index (χ4n) is 2.14.